The molecule has 2 heterocycles. The second kappa shape index (κ2) is 8.70. The van der Waals surface area contributed by atoms with Crippen LogP contribution in [-0.2, 0) is 4.74 Å². The van der Waals surface area contributed by atoms with Crippen LogP contribution in [0.5, 0.6) is 0 Å². The van der Waals surface area contributed by atoms with Crippen LogP contribution in [0.25, 0.3) is 0 Å². The van der Waals surface area contributed by atoms with Crippen LogP contribution in [0.2, 0.25) is 0 Å². The summed E-state index contributed by atoms with van der Waals surface area (Å²) >= 11 is 0. The molecule has 2 rings (SSSR count). The topological polar surface area (TPSA) is 57.7 Å². The van der Waals surface area contributed by atoms with E-state index in [0.717, 1.165) is 51.6 Å². The molecular formula is C16H26N4O2. The molecule has 22 heavy (non-hydrogen) atoms. The van der Waals surface area contributed by atoms with Crippen LogP contribution in [-0.4, -0.2) is 68.3 Å². The maximum Gasteiger partial charge on any atom is 0.269 e. The fraction of sp³-hybridized carbons (Fsp3) is 0.625. The summed E-state index contributed by atoms with van der Waals surface area (Å²) in [4.78, 5) is 20.9. The molecule has 6 nitrogen and oxygen atoms in total. The molecule has 0 saturated carbocycles. The third kappa shape index (κ3) is 4.68. The number of hydrogen-bond acceptors (Lipinski definition) is 5. The zero-order chi connectivity index (χ0) is 15.8. The van der Waals surface area contributed by atoms with Gasteiger partial charge in [0.2, 0.25) is 0 Å². The molecule has 1 aromatic rings. The monoisotopic (exact) mass is 306 g/mol. The molecule has 1 saturated heterocycles. The lowest BCUT2D eigenvalue weighted by atomic mass is 10.2. The molecule has 0 unspecified atom stereocenters. The normalized spacial score (nSPS) is 15.1. The third-order valence-electron chi connectivity index (χ3n) is 3.96. The average Bonchev–Trinajstić information content (AvgIpc) is 2.59. The Hall–Kier alpha value is -1.66. The smallest absolute Gasteiger partial charge is 0.269 e. The van der Waals surface area contributed by atoms with E-state index >= 15 is 0 Å². The zero-order valence-electron chi connectivity index (χ0n) is 13.5. The van der Waals surface area contributed by atoms with Gasteiger partial charge in [-0.2, -0.15) is 0 Å². The van der Waals surface area contributed by atoms with Gasteiger partial charge in [-0.3, -0.25) is 9.78 Å². The molecule has 1 aromatic heterocycles. The molecule has 6 heteroatoms. The van der Waals surface area contributed by atoms with Crippen LogP contribution in [0, 0.1) is 0 Å². The van der Waals surface area contributed by atoms with E-state index in [1.165, 1.54) is 0 Å². The Bertz CT molecular complexity index is 471. The van der Waals surface area contributed by atoms with Crippen molar-refractivity contribution < 1.29 is 9.53 Å². The maximum atomic E-state index is 12.2. The molecule has 1 N–H and O–H groups in total. The van der Waals surface area contributed by atoms with Gasteiger partial charge < -0.3 is 19.9 Å². The highest BCUT2D eigenvalue weighted by molar-refractivity contribution is 5.93. The van der Waals surface area contributed by atoms with Crippen LogP contribution < -0.4 is 10.2 Å². The molecule has 0 aliphatic carbocycles. The van der Waals surface area contributed by atoms with Crippen LogP contribution in [0.1, 0.15) is 24.3 Å². The molecule has 1 fully saturated rings. The third-order valence-corrected chi connectivity index (χ3v) is 3.96. The predicted octanol–water partition coefficient (Wildman–Crippen LogP) is 0.990. The summed E-state index contributed by atoms with van der Waals surface area (Å²) in [6.07, 6.45) is 1.70. The lowest BCUT2D eigenvalue weighted by molar-refractivity contribution is 0.0944. The number of carbonyl (C=O) groups is 1. The minimum Gasteiger partial charge on any atom is -0.378 e. The lowest BCUT2D eigenvalue weighted by Gasteiger charge is -2.28. The predicted molar refractivity (Wildman–Crippen MR) is 87.4 cm³/mol. The van der Waals surface area contributed by atoms with Gasteiger partial charge in [-0.05, 0) is 25.2 Å². The highest BCUT2D eigenvalue weighted by Crippen LogP contribution is 2.15. The van der Waals surface area contributed by atoms with Gasteiger partial charge in [0.15, 0.2) is 0 Å². The molecule has 0 atom stereocenters. The van der Waals surface area contributed by atoms with Gasteiger partial charge in [0.25, 0.3) is 5.91 Å². The van der Waals surface area contributed by atoms with E-state index in [4.69, 9.17) is 4.74 Å². The Balaban J connectivity index is 1.89. The van der Waals surface area contributed by atoms with Crippen molar-refractivity contribution in [3.05, 3.63) is 24.0 Å². The molecule has 0 bridgehead atoms. The number of hydrogen-bond donors (Lipinski definition) is 1. The van der Waals surface area contributed by atoms with Gasteiger partial charge >= 0.3 is 0 Å². The molecule has 0 radical (unpaired) electrons. The number of anilines is 1. The Kier molecular flexibility index (Phi) is 6.61. The van der Waals surface area contributed by atoms with Crippen molar-refractivity contribution in [3.8, 4) is 0 Å². The number of morpholine rings is 1. The number of carbonyl (C=O) groups excluding carboxylic acids is 1. The molecule has 1 aliphatic rings. The molecule has 1 aliphatic heterocycles. The van der Waals surface area contributed by atoms with E-state index in [-0.39, 0.29) is 5.91 Å². The number of amides is 1. The summed E-state index contributed by atoms with van der Waals surface area (Å²) in [5.41, 5.74) is 1.51. The molecule has 0 spiro atoms. The maximum absolute atomic E-state index is 12.2. The van der Waals surface area contributed by atoms with Crippen molar-refractivity contribution in [2.24, 2.45) is 0 Å². The summed E-state index contributed by atoms with van der Waals surface area (Å²) < 4.78 is 5.35. The number of ether oxygens (including phenoxy) is 1. The minimum absolute atomic E-state index is 0.109. The molecular weight excluding hydrogens is 280 g/mol. The summed E-state index contributed by atoms with van der Waals surface area (Å²) in [5, 5.41) is 2.94. The first-order valence-corrected chi connectivity index (χ1v) is 8.04. The highest BCUT2D eigenvalue weighted by Gasteiger charge is 2.14. The van der Waals surface area contributed by atoms with Crippen molar-refractivity contribution in [2.45, 2.75) is 13.8 Å². The van der Waals surface area contributed by atoms with E-state index < -0.39 is 0 Å². The number of likely N-dealkylation sites (N-methyl/N-ethyl adjacent to an activating group) is 1. The van der Waals surface area contributed by atoms with E-state index in [2.05, 4.69) is 33.9 Å². The first-order valence-electron chi connectivity index (χ1n) is 8.04. The van der Waals surface area contributed by atoms with Crippen molar-refractivity contribution in [1.29, 1.82) is 0 Å². The molecule has 122 valence electrons. The standard InChI is InChI=1S/C16H26N4O2/c1-3-19(4-2)8-7-18-16(21)15-13-14(5-6-17-15)20-9-11-22-12-10-20/h5-6,13H,3-4,7-12H2,1-2H3,(H,18,21). The van der Waals surface area contributed by atoms with Crippen LogP contribution >= 0.6 is 0 Å². The zero-order valence-corrected chi connectivity index (χ0v) is 13.5. The number of nitrogens with zero attached hydrogens (tertiary/aromatic N) is 3. The van der Waals surface area contributed by atoms with Gasteiger partial charge in [0, 0.05) is 38.1 Å². The van der Waals surface area contributed by atoms with Crippen molar-refractivity contribution >= 4 is 11.6 Å². The average molecular weight is 306 g/mol. The lowest BCUT2D eigenvalue weighted by Crippen LogP contribution is -2.37. The van der Waals surface area contributed by atoms with Crippen LogP contribution in [0.15, 0.2) is 18.3 Å². The Morgan fingerprint density at radius 1 is 1.36 bits per heavy atom. The fourth-order valence-electron chi connectivity index (χ4n) is 2.52. The highest BCUT2D eigenvalue weighted by atomic mass is 16.5. The Labute approximate surface area is 132 Å². The Morgan fingerprint density at radius 2 is 2.09 bits per heavy atom. The fourth-order valence-corrected chi connectivity index (χ4v) is 2.52. The first-order chi connectivity index (χ1) is 10.7. The quantitative estimate of drug-likeness (QED) is 0.814. The summed E-state index contributed by atoms with van der Waals surface area (Å²) in [5.74, 6) is -0.109. The van der Waals surface area contributed by atoms with E-state index in [1.54, 1.807) is 6.20 Å². The van der Waals surface area contributed by atoms with Gasteiger partial charge in [0.1, 0.15) is 5.69 Å². The van der Waals surface area contributed by atoms with Crippen LogP contribution in [0.3, 0.4) is 0 Å². The summed E-state index contributed by atoms with van der Waals surface area (Å²) in [6.45, 7) is 10.9. The molecule has 1 amide bonds. The molecule has 0 aromatic carbocycles. The first kappa shape index (κ1) is 16.7. The summed E-state index contributed by atoms with van der Waals surface area (Å²) in [7, 11) is 0. The number of pyridine rings is 1. The van der Waals surface area contributed by atoms with Crippen molar-refractivity contribution in [2.75, 3.05) is 57.4 Å². The number of aromatic nitrogens is 1. The number of nitrogens with one attached hydrogen (secondary N) is 1. The second-order valence-electron chi connectivity index (χ2n) is 5.28. The Morgan fingerprint density at radius 3 is 2.77 bits per heavy atom. The van der Waals surface area contributed by atoms with E-state index in [0.29, 0.717) is 12.2 Å². The van der Waals surface area contributed by atoms with E-state index in [9.17, 15) is 4.79 Å². The second-order valence-corrected chi connectivity index (χ2v) is 5.28. The van der Waals surface area contributed by atoms with Gasteiger partial charge in [0.05, 0.1) is 13.2 Å². The van der Waals surface area contributed by atoms with Gasteiger partial charge in [-0.25, -0.2) is 0 Å². The summed E-state index contributed by atoms with van der Waals surface area (Å²) in [6, 6.07) is 3.80. The van der Waals surface area contributed by atoms with Crippen molar-refractivity contribution in [1.82, 2.24) is 15.2 Å². The van der Waals surface area contributed by atoms with Gasteiger partial charge in [-0.15, -0.1) is 0 Å². The SMILES string of the molecule is CCN(CC)CCNC(=O)c1cc(N2CCOCC2)ccn1. The van der Waals surface area contributed by atoms with Crippen molar-refractivity contribution in [3.63, 3.8) is 0 Å². The van der Waals surface area contributed by atoms with Crippen LogP contribution in [0.4, 0.5) is 5.69 Å². The van der Waals surface area contributed by atoms with Gasteiger partial charge in [-0.1, -0.05) is 13.8 Å². The van der Waals surface area contributed by atoms with E-state index in [1.807, 2.05) is 12.1 Å². The largest absolute Gasteiger partial charge is 0.378 e. The minimum atomic E-state index is -0.109. The number of rotatable bonds is 7.